The number of hydrogen-bond donors (Lipinski definition) is 0. The van der Waals surface area contributed by atoms with Gasteiger partial charge < -0.3 is 14.2 Å². The SMILES string of the molecule is CCOC(=O)CCc1cn(Cc2ccc(OC(C)c3cn(-c4ccccn4)nc3C)cc2)nc1OCC. The molecule has 1 aromatic carbocycles. The second kappa shape index (κ2) is 12.2. The van der Waals surface area contributed by atoms with Crippen molar-refractivity contribution in [2.24, 2.45) is 0 Å². The standard InChI is InChI=1S/C28H33N5O4/c1-5-35-27(34)15-12-23-18-32(31-28(23)36-6-2)17-22-10-13-24(14-11-22)37-21(4)25-19-33(30-20(25)3)26-9-7-8-16-29-26/h7-11,13-14,16,18-19,21H,5-6,12,15,17H2,1-4H3. The van der Waals surface area contributed by atoms with Gasteiger partial charge in [0, 0.05) is 36.1 Å². The highest BCUT2D eigenvalue weighted by Gasteiger charge is 2.16. The molecule has 0 bridgehead atoms. The molecule has 0 aliphatic rings. The molecule has 0 N–H and O–H groups in total. The molecule has 0 saturated carbocycles. The first-order valence-corrected chi connectivity index (χ1v) is 12.5. The predicted molar refractivity (Wildman–Crippen MR) is 139 cm³/mol. The molecule has 4 aromatic rings. The van der Waals surface area contributed by atoms with Gasteiger partial charge in [-0.3, -0.25) is 9.48 Å². The third-order valence-corrected chi connectivity index (χ3v) is 5.82. The summed E-state index contributed by atoms with van der Waals surface area (Å²) in [6.45, 7) is 9.16. The summed E-state index contributed by atoms with van der Waals surface area (Å²) in [5.74, 6) is 1.87. The van der Waals surface area contributed by atoms with Crippen LogP contribution < -0.4 is 9.47 Å². The van der Waals surface area contributed by atoms with Crippen molar-refractivity contribution in [2.75, 3.05) is 13.2 Å². The first-order valence-electron chi connectivity index (χ1n) is 12.5. The number of nitrogens with zero attached hydrogens (tertiary/aromatic N) is 5. The average molecular weight is 504 g/mol. The number of carbonyl (C=O) groups is 1. The maximum absolute atomic E-state index is 11.8. The number of esters is 1. The number of aromatic nitrogens is 5. The molecule has 4 rings (SSSR count). The van der Waals surface area contributed by atoms with Gasteiger partial charge in [0.2, 0.25) is 5.88 Å². The molecule has 0 fully saturated rings. The molecular weight excluding hydrogens is 470 g/mol. The molecule has 0 amide bonds. The van der Waals surface area contributed by atoms with Crippen molar-refractivity contribution in [3.05, 3.63) is 83.4 Å². The third kappa shape index (κ3) is 6.75. The summed E-state index contributed by atoms with van der Waals surface area (Å²) in [4.78, 5) is 16.1. The molecule has 194 valence electrons. The van der Waals surface area contributed by atoms with E-state index in [4.69, 9.17) is 14.2 Å². The molecule has 3 aromatic heterocycles. The lowest BCUT2D eigenvalue weighted by atomic mass is 10.1. The molecule has 1 unspecified atom stereocenters. The maximum atomic E-state index is 11.8. The fourth-order valence-electron chi connectivity index (χ4n) is 4.03. The molecule has 3 heterocycles. The quantitative estimate of drug-likeness (QED) is 0.255. The van der Waals surface area contributed by atoms with Crippen LogP contribution in [0.3, 0.4) is 0 Å². The van der Waals surface area contributed by atoms with E-state index in [0.717, 1.165) is 34.0 Å². The molecule has 0 aliphatic heterocycles. The Morgan fingerprint density at radius 3 is 2.54 bits per heavy atom. The van der Waals surface area contributed by atoms with Crippen molar-refractivity contribution in [1.29, 1.82) is 0 Å². The van der Waals surface area contributed by atoms with Crippen LogP contribution >= 0.6 is 0 Å². The van der Waals surface area contributed by atoms with Crippen molar-refractivity contribution in [3.8, 4) is 17.4 Å². The number of aryl methyl sites for hydroxylation is 2. The van der Waals surface area contributed by atoms with Gasteiger partial charge >= 0.3 is 5.97 Å². The van der Waals surface area contributed by atoms with Gasteiger partial charge in [0.05, 0.1) is 25.5 Å². The number of hydrogen-bond acceptors (Lipinski definition) is 7. The van der Waals surface area contributed by atoms with E-state index in [0.29, 0.717) is 38.5 Å². The van der Waals surface area contributed by atoms with E-state index >= 15 is 0 Å². The average Bonchev–Trinajstić information content (AvgIpc) is 3.47. The smallest absolute Gasteiger partial charge is 0.306 e. The summed E-state index contributed by atoms with van der Waals surface area (Å²) < 4.78 is 20.5. The fourth-order valence-corrected chi connectivity index (χ4v) is 4.03. The van der Waals surface area contributed by atoms with Gasteiger partial charge in [-0.2, -0.15) is 5.10 Å². The Labute approximate surface area is 217 Å². The number of carbonyl (C=O) groups excluding carboxylic acids is 1. The van der Waals surface area contributed by atoms with Crippen LogP contribution in [-0.4, -0.2) is 43.7 Å². The van der Waals surface area contributed by atoms with Crippen LogP contribution in [0.4, 0.5) is 0 Å². The fraction of sp³-hybridized carbons (Fsp3) is 0.357. The summed E-state index contributed by atoms with van der Waals surface area (Å²) in [6, 6.07) is 13.7. The summed E-state index contributed by atoms with van der Waals surface area (Å²) in [6.07, 6.45) is 6.28. The van der Waals surface area contributed by atoms with Crippen LogP contribution in [0.15, 0.2) is 61.1 Å². The first kappa shape index (κ1) is 25.9. The molecule has 37 heavy (non-hydrogen) atoms. The molecule has 9 nitrogen and oxygen atoms in total. The van der Waals surface area contributed by atoms with E-state index < -0.39 is 0 Å². The van der Waals surface area contributed by atoms with E-state index in [1.165, 1.54) is 0 Å². The van der Waals surface area contributed by atoms with Crippen molar-refractivity contribution >= 4 is 5.97 Å². The van der Waals surface area contributed by atoms with E-state index in [1.807, 2.05) is 80.3 Å². The predicted octanol–water partition coefficient (Wildman–Crippen LogP) is 4.85. The molecule has 0 spiro atoms. The number of pyridine rings is 1. The summed E-state index contributed by atoms with van der Waals surface area (Å²) in [7, 11) is 0. The van der Waals surface area contributed by atoms with Gasteiger partial charge in [0.15, 0.2) is 5.82 Å². The van der Waals surface area contributed by atoms with Crippen LogP contribution in [-0.2, 0) is 22.5 Å². The Morgan fingerprint density at radius 1 is 1.03 bits per heavy atom. The number of benzene rings is 1. The molecule has 1 atom stereocenters. The Morgan fingerprint density at radius 2 is 1.84 bits per heavy atom. The van der Waals surface area contributed by atoms with Crippen molar-refractivity contribution in [1.82, 2.24) is 24.5 Å². The van der Waals surface area contributed by atoms with Gasteiger partial charge in [-0.05, 0) is 63.9 Å². The van der Waals surface area contributed by atoms with Crippen LogP contribution in [0.1, 0.15) is 55.7 Å². The van der Waals surface area contributed by atoms with Gasteiger partial charge in [0.25, 0.3) is 0 Å². The van der Waals surface area contributed by atoms with Crippen molar-refractivity contribution in [2.45, 2.75) is 53.2 Å². The molecule has 0 radical (unpaired) electrons. The lowest BCUT2D eigenvalue weighted by Crippen LogP contribution is -2.05. The minimum atomic E-state index is -0.221. The summed E-state index contributed by atoms with van der Waals surface area (Å²) in [5, 5.41) is 9.15. The molecule has 0 saturated heterocycles. The number of rotatable bonds is 12. The third-order valence-electron chi connectivity index (χ3n) is 5.82. The lowest BCUT2D eigenvalue weighted by Gasteiger charge is -2.14. The molecule has 9 heteroatoms. The van der Waals surface area contributed by atoms with E-state index in [9.17, 15) is 4.79 Å². The van der Waals surface area contributed by atoms with Crippen LogP contribution in [0.5, 0.6) is 11.6 Å². The highest BCUT2D eigenvalue weighted by molar-refractivity contribution is 5.69. The minimum absolute atomic E-state index is 0.176. The van der Waals surface area contributed by atoms with Crippen LogP contribution in [0, 0.1) is 6.92 Å². The van der Waals surface area contributed by atoms with Gasteiger partial charge in [-0.25, -0.2) is 9.67 Å². The van der Waals surface area contributed by atoms with Gasteiger partial charge in [-0.1, -0.05) is 18.2 Å². The highest BCUT2D eigenvalue weighted by atomic mass is 16.5. The van der Waals surface area contributed by atoms with Crippen LogP contribution in [0.2, 0.25) is 0 Å². The van der Waals surface area contributed by atoms with E-state index in [1.54, 1.807) is 17.8 Å². The Bertz CT molecular complexity index is 1300. The summed E-state index contributed by atoms with van der Waals surface area (Å²) >= 11 is 0. The molecule has 0 aliphatic carbocycles. The van der Waals surface area contributed by atoms with Gasteiger partial charge in [-0.15, -0.1) is 5.10 Å². The monoisotopic (exact) mass is 503 g/mol. The van der Waals surface area contributed by atoms with E-state index in [-0.39, 0.29) is 12.1 Å². The second-order valence-electron chi connectivity index (χ2n) is 8.60. The Hall–Kier alpha value is -4.14. The Kier molecular flexibility index (Phi) is 8.56. The van der Waals surface area contributed by atoms with Crippen molar-refractivity contribution in [3.63, 3.8) is 0 Å². The lowest BCUT2D eigenvalue weighted by molar-refractivity contribution is -0.143. The first-order chi connectivity index (χ1) is 18.0. The Balaban J connectivity index is 1.39. The molecular formula is C28H33N5O4. The highest BCUT2D eigenvalue weighted by Crippen LogP contribution is 2.25. The summed E-state index contributed by atoms with van der Waals surface area (Å²) in [5.41, 5.74) is 3.87. The zero-order valence-corrected chi connectivity index (χ0v) is 21.8. The maximum Gasteiger partial charge on any atom is 0.306 e. The zero-order valence-electron chi connectivity index (χ0n) is 21.8. The van der Waals surface area contributed by atoms with Gasteiger partial charge in [0.1, 0.15) is 11.9 Å². The zero-order chi connectivity index (χ0) is 26.2. The largest absolute Gasteiger partial charge is 0.486 e. The van der Waals surface area contributed by atoms with Crippen LogP contribution in [0.25, 0.3) is 5.82 Å². The second-order valence-corrected chi connectivity index (χ2v) is 8.60. The minimum Gasteiger partial charge on any atom is -0.486 e. The number of ether oxygens (including phenoxy) is 3. The topological polar surface area (TPSA) is 93.3 Å². The van der Waals surface area contributed by atoms with E-state index in [2.05, 4.69) is 15.2 Å². The normalized spacial score (nSPS) is 11.8. The van der Waals surface area contributed by atoms with Crippen molar-refractivity contribution < 1.29 is 19.0 Å².